The largest absolute Gasteiger partial charge is 0.399 e. The van der Waals surface area contributed by atoms with Crippen molar-refractivity contribution in [3.8, 4) is 0 Å². The molecular weight excluding hydrogens is 378 g/mol. The molecule has 7 nitrogen and oxygen atoms in total. The number of carbonyl (C=O) groups excluding carboxylic acids is 2. The van der Waals surface area contributed by atoms with E-state index >= 15 is 0 Å². The number of aromatic nitrogens is 2. The summed E-state index contributed by atoms with van der Waals surface area (Å²) in [6, 6.07) is 13.3. The molecule has 0 atom stereocenters. The molecule has 30 heavy (non-hydrogen) atoms. The SMILES string of the molecule is NCCCn1cc(C2=C(c3c[nH]c4ccccc34)C(=O)NC2=O)c2cc(N)ccc21. The van der Waals surface area contributed by atoms with Gasteiger partial charge in [-0.05, 0) is 37.2 Å². The standard InChI is InChI=1S/C23H21N5O2/c24-8-3-9-28-12-17(15-10-13(25)6-7-19(15)28)21-20(22(29)27-23(21)30)16-11-26-18-5-2-1-4-14(16)18/h1-2,4-7,10-12,26H,3,8-9,24-25H2,(H,27,29,30). The second-order valence-corrected chi connectivity index (χ2v) is 7.44. The molecule has 0 saturated carbocycles. The van der Waals surface area contributed by atoms with Crippen LogP contribution in [0.15, 0.2) is 54.9 Å². The number of nitrogens with zero attached hydrogens (tertiary/aromatic N) is 1. The van der Waals surface area contributed by atoms with Gasteiger partial charge in [0, 0.05) is 57.6 Å². The number of aromatic amines is 1. The highest BCUT2D eigenvalue weighted by molar-refractivity contribution is 6.50. The molecule has 2 aromatic heterocycles. The van der Waals surface area contributed by atoms with Crippen molar-refractivity contribution in [1.82, 2.24) is 14.9 Å². The predicted molar refractivity (Wildman–Crippen MR) is 118 cm³/mol. The summed E-state index contributed by atoms with van der Waals surface area (Å²) in [7, 11) is 0. The molecule has 3 heterocycles. The van der Waals surface area contributed by atoms with Crippen molar-refractivity contribution in [1.29, 1.82) is 0 Å². The number of hydrogen-bond donors (Lipinski definition) is 4. The van der Waals surface area contributed by atoms with Crippen LogP contribution in [0.25, 0.3) is 33.0 Å². The van der Waals surface area contributed by atoms with Crippen LogP contribution >= 0.6 is 0 Å². The molecule has 1 aliphatic rings. The molecule has 0 aliphatic carbocycles. The highest BCUT2D eigenvalue weighted by Crippen LogP contribution is 2.38. The first kappa shape index (κ1) is 18.2. The number of imide groups is 1. The number of nitrogens with one attached hydrogen (secondary N) is 2. The zero-order chi connectivity index (χ0) is 20.8. The van der Waals surface area contributed by atoms with Crippen molar-refractivity contribution in [3.63, 3.8) is 0 Å². The van der Waals surface area contributed by atoms with Gasteiger partial charge >= 0.3 is 0 Å². The zero-order valence-corrected chi connectivity index (χ0v) is 16.2. The predicted octanol–water partition coefficient (Wildman–Crippen LogP) is 2.62. The molecule has 0 bridgehead atoms. The lowest BCUT2D eigenvalue weighted by Gasteiger charge is -2.03. The number of anilines is 1. The van der Waals surface area contributed by atoms with Crippen LogP contribution in [-0.2, 0) is 16.1 Å². The number of fused-ring (bicyclic) bond motifs is 2. The quantitative estimate of drug-likeness (QED) is 0.305. The Balaban J connectivity index is 1.80. The second kappa shape index (κ2) is 6.89. The van der Waals surface area contributed by atoms with Crippen LogP contribution < -0.4 is 16.8 Å². The molecule has 0 unspecified atom stereocenters. The van der Waals surface area contributed by atoms with Crippen LogP contribution in [0.1, 0.15) is 17.5 Å². The molecule has 150 valence electrons. The van der Waals surface area contributed by atoms with Gasteiger partial charge in [0.25, 0.3) is 11.8 Å². The molecule has 1 aliphatic heterocycles. The number of hydrogen-bond acceptors (Lipinski definition) is 4. The minimum atomic E-state index is -0.402. The van der Waals surface area contributed by atoms with E-state index in [9.17, 15) is 9.59 Å². The van der Waals surface area contributed by atoms with E-state index in [1.165, 1.54) is 0 Å². The van der Waals surface area contributed by atoms with Gasteiger partial charge in [-0.15, -0.1) is 0 Å². The van der Waals surface area contributed by atoms with Crippen molar-refractivity contribution in [2.75, 3.05) is 12.3 Å². The van der Waals surface area contributed by atoms with Crippen LogP contribution in [-0.4, -0.2) is 27.9 Å². The number of nitrogen functional groups attached to an aromatic ring is 1. The summed E-state index contributed by atoms with van der Waals surface area (Å²) in [4.78, 5) is 28.9. The molecule has 0 spiro atoms. The van der Waals surface area contributed by atoms with Gasteiger partial charge in [0.1, 0.15) is 0 Å². The minimum absolute atomic E-state index is 0.367. The maximum Gasteiger partial charge on any atom is 0.259 e. The normalized spacial score (nSPS) is 14.3. The fraction of sp³-hybridized carbons (Fsp3) is 0.130. The van der Waals surface area contributed by atoms with Gasteiger partial charge in [-0.25, -0.2) is 0 Å². The Bertz CT molecular complexity index is 1360. The summed E-state index contributed by atoms with van der Waals surface area (Å²) in [6.45, 7) is 1.27. The van der Waals surface area contributed by atoms with Crippen LogP contribution in [0.3, 0.4) is 0 Å². The van der Waals surface area contributed by atoms with Gasteiger partial charge in [0.05, 0.1) is 11.1 Å². The van der Waals surface area contributed by atoms with Gasteiger partial charge in [-0.2, -0.15) is 0 Å². The highest BCUT2D eigenvalue weighted by Gasteiger charge is 2.35. The molecule has 6 N–H and O–H groups in total. The minimum Gasteiger partial charge on any atom is -0.399 e. The summed E-state index contributed by atoms with van der Waals surface area (Å²) < 4.78 is 2.06. The summed E-state index contributed by atoms with van der Waals surface area (Å²) in [5.41, 5.74) is 16.3. The molecule has 4 aromatic rings. The van der Waals surface area contributed by atoms with Crippen molar-refractivity contribution < 1.29 is 9.59 Å². The molecule has 0 radical (unpaired) electrons. The van der Waals surface area contributed by atoms with Gasteiger partial charge in [-0.3, -0.25) is 14.9 Å². The van der Waals surface area contributed by atoms with Crippen LogP contribution in [0.5, 0.6) is 0 Å². The second-order valence-electron chi connectivity index (χ2n) is 7.44. The maximum atomic E-state index is 12.9. The van der Waals surface area contributed by atoms with Crippen LogP contribution in [0.2, 0.25) is 0 Å². The van der Waals surface area contributed by atoms with Crippen molar-refractivity contribution in [2.24, 2.45) is 5.73 Å². The number of H-pyrrole nitrogens is 1. The fourth-order valence-corrected chi connectivity index (χ4v) is 4.21. The van der Waals surface area contributed by atoms with Crippen molar-refractivity contribution in [2.45, 2.75) is 13.0 Å². The molecule has 0 fully saturated rings. The van der Waals surface area contributed by atoms with E-state index in [4.69, 9.17) is 11.5 Å². The molecule has 7 heteroatoms. The van der Waals surface area contributed by atoms with E-state index < -0.39 is 11.8 Å². The number of aryl methyl sites for hydroxylation is 1. The van der Waals surface area contributed by atoms with E-state index in [-0.39, 0.29) is 0 Å². The summed E-state index contributed by atoms with van der Waals surface area (Å²) in [5, 5.41) is 4.20. The number of para-hydroxylation sites is 1. The lowest BCUT2D eigenvalue weighted by molar-refractivity contribution is -0.122. The summed E-state index contributed by atoms with van der Waals surface area (Å²) in [5.74, 6) is -0.799. The van der Waals surface area contributed by atoms with Gasteiger partial charge in [0.15, 0.2) is 0 Å². The first-order chi connectivity index (χ1) is 14.6. The Labute approximate surface area is 172 Å². The van der Waals surface area contributed by atoms with E-state index in [0.29, 0.717) is 41.1 Å². The molecule has 0 saturated heterocycles. The smallest absolute Gasteiger partial charge is 0.259 e. The van der Waals surface area contributed by atoms with Gasteiger partial charge in [0.2, 0.25) is 0 Å². The Morgan fingerprint density at radius 2 is 1.70 bits per heavy atom. The number of rotatable bonds is 5. The van der Waals surface area contributed by atoms with E-state index in [2.05, 4.69) is 14.9 Å². The Hall–Kier alpha value is -3.84. The third-order valence-corrected chi connectivity index (χ3v) is 5.57. The van der Waals surface area contributed by atoms with E-state index in [1.807, 2.05) is 48.7 Å². The van der Waals surface area contributed by atoms with E-state index in [0.717, 1.165) is 28.2 Å². The van der Waals surface area contributed by atoms with E-state index in [1.54, 1.807) is 6.20 Å². The highest BCUT2D eigenvalue weighted by atomic mass is 16.2. The summed E-state index contributed by atoms with van der Waals surface area (Å²) >= 11 is 0. The number of amides is 2. The zero-order valence-electron chi connectivity index (χ0n) is 16.2. The fourth-order valence-electron chi connectivity index (χ4n) is 4.21. The van der Waals surface area contributed by atoms with Crippen LogP contribution in [0.4, 0.5) is 5.69 Å². The molecule has 5 rings (SSSR count). The summed E-state index contributed by atoms with van der Waals surface area (Å²) in [6.07, 6.45) is 4.50. The third kappa shape index (κ3) is 2.71. The van der Waals surface area contributed by atoms with Gasteiger partial charge < -0.3 is 21.0 Å². The number of benzene rings is 2. The van der Waals surface area contributed by atoms with Crippen LogP contribution in [0, 0.1) is 0 Å². The molecule has 2 aromatic carbocycles. The number of carbonyl (C=O) groups is 2. The Morgan fingerprint density at radius 3 is 2.50 bits per heavy atom. The maximum absolute atomic E-state index is 12.9. The molecular formula is C23H21N5O2. The first-order valence-corrected chi connectivity index (χ1v) is 9.83. The monoisotopic (exact) mass is 399 g/mol. The van der Waals surface area contributed by atoms with Crippen molar-refractivity contribution >= 4 is 50.5 Å². The number of nitrogens with two attached hydrogens (primary N) is 2. The average Bonchev–Trinajstić information content (AvgIpc) is 3.39. The average molecular weight is 399 g/mol. The Morgan fingerprint density at radius 1 is 0.933 bits per heavy atom. The lowest BCUT2D eigenvalue weighted by atomic mass is 9.95. The molecule has 2 amide bonds. The van der Waals surface area contributed by atoms with Gasteiger partial charge in [-0.1, -0.05) is 18.2 Å². The van der Waals surface area contributed by atoms with Crippen molar-refractivity contribution in [3.05, 3.63) is 66.0 Å². The Kier molecular flexibility index (Phi) is 4.18. The third-order valence-electron chi connectivity index (χ3n) is 5.57. The topological polar surface area (TPSA) is 119 Å². The first-order valence-electron chi connectivity index (χ1n) is 9.83. The lowest BCUT2D eigenvalue weighted by Crippen LogP contribution is -2.22.